The lowest BCUT2D eigenvalue weighted by molar-refractivity contribution is -0.149. The number of carbonyl (C=O) groups excluding carboxylic acids is 3. The number of hydrogen-bond acceptors (Lipinski definition) is 6. The number of nitrogens with one attached hydrogen (secondary N) is 1. The van der Waals surface area contributed by atoms with Gasteiger partial charge in [0.1, 0.15) is 24.4 Å². The van der Waals surface area contributed by atoms with Crippen LogP contribution in [0.25, 0.3) is 11.3 Å². The molecule has 8 nitrogen and oxygen atoms in total. The van der Waals surface area contributed by atoms with E-state index in [1.165, 1.54) is 0 Å². The molecule has 1 saturated heterocycles. The van der Waals surface area contributed by atoms with Crippen molar-refractivity contribution in [3.63, 3.8) is 0 Å². The van der Waals surface area contributed by atoms with E-state index in [-0.39, 0.29) is 17.9 Å². The van der Waals surface area contributed by atoms with Crippen molar-refractivity contribution in [2.75, 3.05) is 6.54 Å². The number of carbonyl (C=O) groups is 3. The van der Waals surface area contributed by atoms with Gasteiger partial charge < -0.3 is 14.6 Å². The van der Waals surface area contributed by atoms with Crippen LogP contribution < -0.4 is 5.32 Å². The molecule has 2 fully saturated rings. The number of rotatable bonds is 5. The summed E-state index contributed by atoms with van der Waals surface area (Å²) in [6, 6.07) is 10.6. The van der Waals surface area contributed by atoms with Crippen molar-refractivity contribution in [3.8, 4) is 11.3 Å². The van der Waals surface area contributed by atoms with E-state index in [4.69, 9.17) is 9.26 Å². The molecule has 2 aromatic rings. The molecule has 1 spiro atoms. The number of benzene rings is 1. The van der Waals surface area contributed by atoms with E-state index in [0.717, 1.165) is 23.3 Å². The summed E-state index contributed by atoms with van der Waals surface area (Å²) in [4.78, 5) is 38.8. The Bertz CT molecular complexity index is 1000. The molecular formula is C24H29N3O5. The zero-order valence-corrected chi connectivity index (χ0v) is 18.7. The summed E-state index contributed by atoms with van der Waals surface area (Å²) in [6.45, 7) is 6.08. The van der Waals surface area contributed by atoms with Gasteiger partial charge in [-0.15, -0.1) is 0 Å². The average molecular weight is 440 g/mol. The first-order valence-corrected chi connectivity index (χ1v) is 11.0. The maximum Gasteiger partial charge on any atom is 0.326 e. The third-order valence-electron chi connectivity index (χ3n) is 6.60. The topological polar surface area (TPSA) is 102 Å². The van der Waals surface area contributed by atoms with Crippen LogP contribution in [0.4, 0.5) is 4.79 Å². The lowest BCUT2D eigenvalue weighted by Crippen LogP contribution is -2.50. The lowest BCUT2D eigenvalue weighted by Gasteiger charge is -2.40. The van der Waals surface area contributed by atoms with Gasteiger partial charge in [0, 0.05) is 11.6 Å². The zero-order chi connectivity index (χ0) is 22.9. The fourth-order valence-corrected chi connectivity index (χ4v) is 4.58. The Balaban J connectivity index is 1.32. The van der Waals surface area contributed by atoms with Crippen LogP contribution >= 0.6 is 0 Å². The van der Waals surface area contributed by atoms with Gasteiger partial charge in [-0.05, 0) is 37.0 Å². The van der Waals surface area contributed by atoms with Crippen LogP contribution in [0.2, 0.25) is 0 Å². The molecule has 1 N–H and O–H groups in total. The SMILES string of the molecule is CC(C)(C)C1CCC2(CC1)NC(=O)N(CC(=O)OCc1cc(-c3ccccc3)on1)C2=O. The first kappa shape index (κ1) is 22.0. The van der Waals surface area contributed by atoms with E-state index in [1.807, 2.05) is 30.3 Å². The number of hydrogen-bond donors (Lipinski definition) is 1. The molecule has 0 bridgehead atoms. The molecule has 8 heteroatoms. The molecule has 4 rings (SSSR count). The highest BCUT2D eigenvalue weighted by Crippen LogP contribution is 2.43. The molecule has 170 valence electrons. The van der Waals surface area contributed by atoms with E-state index < -0.39 is 24.1 Å². The fourth-order valence-electron chi connectivity index (χ4n) is 4.58. The Hall–Kier alpha value is -3.16. The van der Waals surface area contributed by atoms with Crippen molar-refractivity contribution in [2.45, 2.75) is 58.6 Å². The van der Waals surface area contributed by atoms with Crippen molar-refractivity contribution in [2.24, 2.45) is 11.3 Å². The highest BCUT2D eigenvalue weighted by Gasteiger charge is 2.53. The van der Waals surface area contributed by atoms with Gasteiger partial charge in [0.05, 0.1) is 0 Å². The van der Waals surface area contributed by atoms with Gasteiger partial charge in [-0.1, -0.05) is 56.3 Å². The largest absolute Gasteiger partial charge is 0.458 e. The Morgan fingerprint density at radius 2 is 1.91 bits per heavy atom. The summed E-state index contributed by atoms with van der Waals surface area (Å²) >= 11 is 0. The normalized spacial score (nSPS) is 23.5. The van der Waals surface area contributed by atoms with E-state index in [2.05, 4.69) is 31.2 Å². The minimum Gasteiger partial charge on any atom is -0.458 e. The van der Waals surface area contributed by atoms with E-state index in [9.17, 15) is 14.4 Å². The van der Waals surface area contributed by atoms with Crippen LogP contribution in [-0.2, 0) is 20.9 Å². The lowest BCUT2D eigenvalue weighted by atomic mass is 9.67. The van der Waals surface area contributed by atoms with Crippen LogP contribution in [0.3, 0.4) is 0 Å². The van der Waals surface area contributed by atoms with Crippen molar-refractivity contribution in [1.82, 2.24) is 15.4 Å². The number of nitrogens with zero attached hydrogens (tertiary/aromatic N) is 2. The van der Waals surface area contributed by atoms with Crippen LogP contribution in [0.5, 0.6) is 0 Å². The van der Waals surface area contributed by atoms with Crippen LogP contribution in [0.1, 0.15) is 52.1 Å². The highest BCUT2D eigenvalue weighted by atomic mass is 16.5. The Labute approximate surface area is 187 Å². The molecule has 0 unspecified atom stereocenters. The zero-order valence-electron chi connectivity index (χ0n) is 18.7. The van der Waals surface area contributed by atoms with Crippen LogP contribution in [0, 0.1) is 11.3 Å². The van der Waals surface area contributed by atoms with Gasteiger partial charge in [0.2, 0.25) is 0 Å². The van der Waals surface area contributed by atoms with E-state index >= 15 is 0 Å². The van der Waals surface area contributed by atoms with Gasteiger partial charge in [-0.3, -0.25) is 14.5 Å². The summed E-state index contributed by atoms with van der Waals surface area (Å²) < 4.78 is 10.5. The third kappa shape index (κ3) is 4.40. The molecular weight excluding hydrogens is 410 g/mol. The predicted molar refractivity (Wildman–Crippen MR) is 116 cm³/mol. The molecule has 1 aliphatic heterocycles. The van der Waals surface area contributed by atoms with Crippen LogP contribution in [0.15, 0.2) is 40.9 Å². The summed E-state index contributed by atoms with van der Waals surface area (Å²) in [6.07, 6.45) is 2.91. The van der Waals surface area contributed by atoms with Crippen LogP contribution in [-0.4, -0.2) is 40.0 Å². The average Bonchev–Trinajstić information content (AvgIpc) is 3.32. The first-order valence-electron chi connectivity index (χ1n) is 11.0. The number of aromatic nitrogens is 1. The molecule has 32 heavy (non-hydrogen) atoms. The Kier molecular flexibility index (Phi) is 5.79. The number of amides is 3. The minimum absolute atomic E-state index is 0.1000. The predicted octanol–water partition coefficient (Wildman–Crippen LogP) is 3.91. The van der Waals surface area contributed by atoms with Gasteiger partial charge >= 0.3 is 12.0 Å². The minimum atomic E-state index is -0.893. The molecule has 1 aromatic carbocycles. The van der Waals surface area contributed by atoms with Crippen molar-refractivity contribution >= 4 is 17.9 Å². The molecule has 0 atom stereocenters. The summed E-state index contributed by atoms with van der Waals surface area (Å²) in [5.41, 5.74) is 0.586. The second-order valence-corrected chi connectivity index (χ2v) is 9.75. The van der Waals surface area contributed by atoms with E-state index in [1.54, 1.807) is 6.07 Å². The van der Waals surface area contributed by atoms with E-state index in [0.29, 0.717) is 30.2 Å². The molecule has 0 radical (unpaired) electrons. The number of urea groups is 1. The van der Waals surface area contributed by atoms with Crippen molar-refractivity contribution in [3.05, 3.63) is 42.1 Å². The quantitative estimate of drug-likeness (QED) is 0.560. The van der Waals surface area contributed by atoms with Crippen molar-refractivity contribution in [1.29, 1.82) is 0 Å². The van der Waals surface area contributed by atoms with Gasteiger partial charge in [0.25, 0.3) is 5.91 Å². The molecule has 2 heterocycles. The third-order valence-corrected chi connectivity index (χ3v) is 6.60. The smallest absolute Gasteiger partial charge is 0.326 e. The second kappa shape index (κ2) is 8.41. The summed E-state index contributed by atoms with van der Waals surface area (Å²) in [7, 11) is 0. The highest BCUT2D eigenvalue weighted by molar-refractivity contribution is 6.08. The standard InChI is InChI=1S/C24H29N3O5/c1-23(2,3)17-9-11-24(12-10-17)21(29)27(22(30)25-24)14-20(28)31-15-18-13-19(32-26-18)16-7-5-4-6-8-16/h4-8,13,17H,9-12,14-15H2,1-3H3,(H,25,30). The van der Waals surface area contributed by atoms with Gasteiger partial charge in [-0.2, -0.15) is 0 Å². The van der Waals surface area contributed by atoms with Gasteiger partial charge in [-0.25, -0.2) is 4.79 Å². The molecule has 1 aliphatic carbocycles. The van der Waals surface area contributed by atoms with Gasteiger partial charge in [0.15, 0.2) is 5.76 Å². The first-order chi connectivity index (χ1) is 15.2. The summed E-state index contributed by atoms with van der Waals surface area (Å²) in [5.74, 6) is 0.0661. The molecule has 2 aliphatic rings. The molecule has 3 amide bonds. The number of ether oxygens (including phenoxy) is 1. The molecule has 1 aromatic heterocycles. The Morgan fingerprint density at radius 3 is 2.56 bits per heavy atom. The van der Waals surface area contributed by atoms with Crippen molar-refractivity contribution < 1.29 is 23.6 Å². The number of esters is 1. The fraction of sp³-hybridized carbons (Fsp3) is 0.500. The Morgan fingerprint density at radius 1 is 1.22 bits per heavy atom. The second-order valence-electron chi connectivity index (χ2n) is 9.75. The summed E-state index contributed by atoms with van der Waals surface area (Å²) in [5, 5.41) is 6.75. The maximum absolute atomic E-state index is 13.0. The maximum atomic E-state index is 13.0. The number of imide groups is 1. The molecule has 1 saturated carbocycles. The monoisotopic (exact) mass is 439 g/mol.